The van der Waals surface area contributed by atoms with Gasteiger partial charge in [-0.25, -0.2) is 4.98 Å². The maximum absolute atomic E-state index is 4.78. The van der Waals surface area contributed by atoms with E-state index in [1.807, 2.05) is 0 Å². The average Bonchev–Trinajstić information content (AvgIpc) is 3.00. The molecule has 0 amide bonds. The van der Waals surface area contributed by atoms with Crippen LogP contribution in [0.15, 0.2) is 18.2 Å². The molecule has 2 aliphatic rings. The van der Waals surface area contributed by atoms with Crippen molar-refractivity contribution in [2.75, 3.05) is 0 Å². The molecule has 1 aromatic carbocycles. The largest absolute Gasteiger partial charge is 0.341 e. The minimum atomic E-state index is 0.431. The normalized spacial score (nSPS) is 30.7. The minimum Gasteiger partial charge on any atom is -0.341 e. The van der Waals surface area contributed by atoms with Crippen LogP contribution in [0.4, 0.5) is 0 Å². The Balaban J connectivity index is 1.64. The van der Waals surface area contributed by atoms with Crippen LogP contribution >= 0.6 is 0 Å². The molecule has 3 nitrogen and oxygen atoms in total. The standard InChI is InChI=1S/C16H21N3/c1-10-6-7-13-14(8-10)19-16(18-13)15-9-11-4-2-3-5-12(11)17-15/h6-8,11-12,15,17H,2-5,9H2,1H3,(H,18,19)/t11-,12-,15-/m0/s1. The van der Waals surface area contributed by atoms with Gasteiger partial charge in [-0.3, -0.25) is 0 Å². The summed E-state index contributed by atoms with van der Waals surface area (Å²) in [7, 11) is 0. The van der Waals surface area contributed by atoms with Crippen molar-refractivity contribution in [1.82, 2.24) is 15.3 Å². The highest BCUT2D eigenvalue weighted by Crippen LogP contribution is 2.38. The average molecular weight is 255 g/mol. The number of fused-ring (bicyclic) bond motifs is 2. The van der Waals surface area contributed by atoms with Gasteiger partial charge in [-0.1, -0.05) is 18.9 Å². The van der Waals surface area contributed by atoms with Gasteiger partial charge in [0, 0.05) is 6.04 Å². The van der Waals surface area contributed by atoms with E-state index >= 15 is 0 Å². The molecule has 1 aromatic heterocycles. The van der Waals surface area contributed by atoms with Gasteiger partial charge in [0.1, 0.15) is 5.82 Å². The van der Waals surface area contributed by atoms with Crippen LogP contribution in [-0.2, 0) is 0 Å². The van der Waals surface area contributed by atoms with E-state index in [4.69, 9.17) is 4.98 Å². The van der Waals surface area contributed by atoms with E-state index in [9.17, 15) is 0 Å². The molecular formula is C16H21N3. The van der Waals surface area contributed by atoms with Crippen LogP contribution < -0.4 is 5.32 Å². The number of hydrogen-bond acceptors (Lipinski definition) is 2. The zero-order chi connectivity index (χ0) is 12.8. The smallest absolute Gasteiger partial charge is 0.124 e. The molecule has 1 aliphatic heterocycles. The summed E-state index contributed by atoms with van der Waals surface area (Å²) in [4.78, 5) is 8.29. The fraction of sp³-hybridized carbons (Fsp3) is 0.562. The monoisotopic (exact) mass is 255 g/mol. The quantitative estimate of drug-likeness (QED) is 0.819. The molecule has 3 atom stereocenters. The third-order valence-electron chi connectivity index (χ3n) is 4.85. The number of nitrogens with one attached hydrogen (secondary N) is 2. The highest BCUT2D eigenvalue weighted by molar-refractivity contribution is 5.75. The van der Waals surface area contributed by atoms with Crippen molar-refractivity contribution in [1.29, 1.82) is 0 Å². The van der Waals surface area contributed by atoms with Crippen molar-refractivity contribution in [3.63, 3.8) is 0 Å². The number of nitrogens with zero attached hydrogens (tertiary/aromatic N) is 1. The highest BCUT2D eigenvalue weighted by Gasteiger charge is 2.36. The Morgan fingerprint density at radius 2 is 2.11 bits per heavy atom. The van der Waals surface area contributed by atoms with Crippen molar-refractivity contribution < 1.29 is 0 Å². The Kier molecular flexibility index (Phi) is 2.62. The molecule has 2 aromatic rings. The molecule has 0 bridgehead atoms. The summed E-state index contributed by atoms with van der Waals surface area (Å²) in [5.41, 5.74) is 3.56. The Hall–Kier alpha value is -1.35. The molecular weight excluding hydrogens is 234 g/mol. The molecule has 3 heteroatoms. The summed E-state index contributed by atoms with van der Waals surface area (Å²) in [5.74, 6) is 2.00. The number of imidazole rings is 1. The van der Waals surface area contributed by atoms with Crippen LogP contribution in [0, 0.1) is 12.8 Å². The predicted octanol–water partition coefficient (Wildman–Crippen LogP) is 3.46. The van der Waals surface area contributed by atoms with Crippen LogP contribution in [0.1, 0.15) is 49.5 Å². The SMILES string of the molecule is Cc1ccc2nc([C@@H]3C[C@@H]4CCCC[C@@H]4N3)[nH]c2c1. The second-order valence-electron chi connectivity index (χ2n) is 6.25. The van der Waals surface area contributed by atoms with E-state index in [0.717, 1.165) is 23.3 Å². The van der Waals surface area contributed by atoms with Gasteiger partial charge in [-0.2, -0.15) is 0 Å². The van der Waals surface area contributed by atoms with Gasteiger partial charge in [0.2, 0.25) is 0 Å². The van der Waals surface area contributed by atoms with Crippen molar-refractivity contribution in [2.24, 2.45) is 5.92 Å². The van der Waals surface area contributed by atoms with Gasteiger partial charge in [-0.05, 0) is 49.8 Å². The lowest BCUT2D eigenvalue weighted by Crippen LogP contribution is -2.30. The minimum absolute atomic E-state index is 0.431. The van der Waals surface area contributed by atoms with Crippen LogP contribution in [0.2, 0.25) is 0 Å². The third kappa shape index (κ3) is 1.96. The van der Waals surface area contributed by atoms with Gasteiger partial charge >= 0.3 is 0 Å². The number of rotatable bonds is 1. The number of aromatic nitrogens is 2. The maximum atomic E-state index is 4.78. The lowest BCUT2D eigenvalue weighted by molar-refractivity contribution is 0.325. The van der Waals surface area contributed by atoms with Crippen LogP contribution in [-0.4, -0.2) is 16.0 Å². The van der Waals surface area contributed by atoms with E-state index in [0.29, 0.717) is 6.04 Å². The zero-order valence-electron chi connectivity index (χ0n) is 11.4. The van der Waals surface area contributed by atoms with E-state index in [-0.39, 0.29) is 0 Å². The van der Waals surface area contributed by atoms with Crippen LogP contribution in [0.25, 0.3) is 11.0 Å². The first kappa shape index (κ1) is 11.5. The second-order valence-corrected chi connectivity index (χ2v) is 6.25. The molecule has 2 fully saturated rings. The van der Waals surface area contributed by atoms with Gasteiger partial charge < -0.3 is 10.3 Å². The Morgan fingerprint density at radius 1 is 1.21 bits per heavy atom. The van der Waals surface area contributed by atoms with Gasteiger partial charge in [0.15, 0.2) is 0 Å². The van der Waals surface area contributed by atoms with Gasteiger partial charge in [0.05, 0.1) is 17.1 Å². The molecule has 0 radical (unpaired) electrons. The first-order valence-electron chi connectivity index (χ1n) is 7.52. The molecule has 2 heterocycles. The molecule has 1 aliphatic carbocycles. The van der Waals surface area contributed by atoms with Gasteiger partial charge in [0.25, 0.3) is 0 Å². The Bertz CT molecular complexity index is 587. The van der Waals surface area contributed by atoms with E-state index < -0.39 is 0 Å². The number of H-pyrrole nitrogens is 1. The molecule has 0 spiro atoms. The molecule has 4 rings (SSSR count). The van der Waals surface area contributed by atoms with Crippen molar-refractivity contribution in [3.8, 4) is 0 Å². The summed E-state index contributed by atoms with van der Waals surface area (Å²) in [6.07, 6.45) is 6.80. The van der Waals surface area contributed by atoms with Crippen LogP contribution in [0.5, 0.6) is 0 Å². The first-order valence-corrected chi connectivity index (χ1v) is 7.52. The number of benzene rings is 1. The number of aromatic amines is 1. The highest BCUT2D eigenvalue weighted by atomic mass is 15.1. The summed E-state index contributed by atoms with van der Waals surface area (Å²) in [6, 6.07) is 7.60. The van der Waals surface area contributed by atoms with Crippen molar-refractivity contribution in [3.05, 3.63) is 29.6 Å². The molecule has 1 saturated heterocycles. The fourth-order valence-electron chi connectivity index (χ4n) is 3.84. The van der Waals surface area contributed by atoms with Gasteiger partial charge in [-0.15, -0.1) is 0 Å². The number of aryl methyl sites for hydroxylation is 1. The third-order valence-corrected chi connectivity index (χ3v) is 4.85. The molecule has 2 N–H and O–H groups in total. The zero-order valence-corrected chi connectivity index (χ0v) is 11.4. The summed E-state index contributed by atoms with van der Waals surface area (Å²) >= 11 is 0. The van der Waals surface area contributed by atoms with Crippen molar-refractivity contribution >= 4 is 11.0 Å². The lowest BCUT2D eigenvalue weighted by atomic mass is 9.85. The van der Waals surface area contributed by atoms with Crippen molar-refractivity contribution in [2.45, 2.75) is 51.1 Å². The maximum Gasteiger partial charge on any atom is 0.124 e. The molecule has 100 valence electrons. The first-order chi connectivity index (χ1) is 9.29. The lowest BCUT2D eigenvalue weighted by Gasteiger charge is -2.24. The number of hydrogen-bond donors (Lipinski definition) is 2. The molecule has 1 saturated carbocycles. The predicted molar refractivity (Wildman–Crippen MR) is 77.1 cm³/mol. The Labute approximate surface area is 113 Å². The molecule has 0 unspecified atom stereocenters. The van der Waals surface area contributed by atoms with E-state index in [2.05, 4.69) is 35.4 Å². The summed E-state index contributed by atoms with van der Waals surface area (Å²) in [6.45, 7) is 2.13. The summed E-state index contributed by atoms with van der Waals surface area (Å²) < 4.78 is 0. The van der Waals surface area contributed by atoms with Crippen LogP contribution in [0.3, 0.4) is 0 Å². The van der Waals surface area contributed by atoms with E-state index in [1.165, 1.54) is 43.2 Å². The topological polar surface area (TPSA) is 40.7 Å². The summed E-state index contributed by atoms with van der Waals surface area (Å²) in [5, 5.41) is 3.79. The Morgan fingerprint density at radius 3 is 3.00 bits per heavy atom. The molecule has 19 heavy (non-hydrogen) atoms. The fourth-order valence-corrected chi connectivity index (χ4v) is 3.84. The second kappa shape index (κ2) is 4.34. The van der Waals surface area contributed by atoms with E-state index in [1.54, 1.807) is 0 Å².